The molecule has 2 aromatic heterocycles. The van der Waals surface area contributed by atoms with E-state index in [4.69, 9.17) is 0 Å². The molecule has 0 aliphatic heterocycles. The number of benzene rings is 2. The number of aromatic nitrogens is 4. The number of fused-ring (bicyclic) bond motifs is 3. The lowest BCUT2D eigenvalue weighted by Gasteiger charge is -2.12. The molecule has 0 spiro atoms. The molecular formula is C23H26N4OS. The highest BCUT2D eigenvalue weighted by atomic mass is 32.2. The minimum absolute atomic E-state index is 0.00669. The first-order valence-corrected chi connectivity index (χ1v) is 11.0. The number of hydrogen-bond donors (Lipinski definition) is 0. The zero-order chi connectivity index (χ0) is 20.5. The van der Waals surface area contributed by atoms with Crippen LogP contribution >= 0.6 is 11.8 Å². The number of thioether (sulfide) groups is 1. The van der Waals surface area contributed by atoms with Gasteiger partial charge in [0, 0.05) is 12.3 Å². The maximum atomic E-state index is 13.1. The quantitative estimate of drug-likeness (QED) is 0.423. The van der Waals surface area contributed by atoms with Crippen LogP contribution in [0.1, 0.15) is 37.0 Å². The molecule has 29 heavy (non-hydrogen) atoms. The van der Waals surface area contributed by atoms with Crippen molar-refractivity contribution < 1.29 is 0 Å². The molecule has 0 radical (unpaired) electrons. The third-order valence-corrected chi connectivity index (χ3v) is 6.25. The fourth-order valence-electron chi connectivity index (χ4n) is 3.51. The van der Waals surface area contributed by atoms with Crippen LogP contribution in [0.15, 0.2) is 52.4 Å². The van der Waals surface area contributed by atoms with Crippen molar-refractivity contribution in [3.05, 3.63) is 69.5 Å². The van der Waals surface area contributed by atoms with E-state index in [1.54, 1.807) is 16.3 Å². The smallest absolute Gasteiger partial charge is 0.262 e. The first kappa shape index (κ1) is 19.7. The van der Waals surface area contributed by atoms with Crippen LogP contribution in [0, 0.1) is 19.8 Å². The number of para-hydroxylation sites is 1. The van der Waals surface area contributed by atoms with Gasteiger partial charge in [-0.2, -0.15) is 0 Å². The standard InChI is InChI=1S/C23H26N4OS/c1-15(2)11-12-26-21(28)19-7-5-6-8-20(19)27-22(26)24-25-23(27)29-14-18-13-16(3)9-10-17(18)4/h5-10,13,15H,11-12,14H2,1-4H3. The molecule has 0 unspecified atom stereocenters. The Kier molecular flexibility index (Phi) is 5.46. The van der Waals surface area contributed by atoms with Crippen LogP contribution in [-0.2, 0) is 12.3 Å². The second kappa shape index (κ2) is 8.03. The minimum Gasteiger partial charge on any atom is -0.276 e. The maximum Gasteiger partial charge on any atom is 0.262 e. The van der Waals surface area contributed by atoms with E-state index >= 15 is 0 Å². The Labute approximate surface area is 174 Å². The van der Waals surface area contributed by atoms with E-state index in [-0.39, 0.29) is 5.56 Å². The van der Waals surface area contributed by atoms with Crippen molar-refractivity contribution in [3.63, 3.8) is 0 Å². The SMILES string of the molecule is Cc1ccc(C)c(CSc2nnc3n(CCC(C)C)c(=O)c4ccccc4n23)c1. The van der Waals surface area contributed by atoms with Crippen LogP contribution in [0.4, 0.5) is 0 Å². The number of aryl methyl sites for hydroxylation is 3. The van der Waals surface area contributed by atoms with E-state index in [0.717, 1.165) is 22.8 Å². The Morgan fingerprint density at radius 1 is 1.07 bits per heavy atom. The highest BCUT2D eigenvalue weighted by Gasteiger charge is 2.17. The summed E-state index contributed by atoms with van der Waals surface area (Å²) in [5.41, 5.74) is 4.69. The van der Waals surface area contributed by atoms with Gasteiger partial charge in [-0.05, 0) is 49.4 Å². The normalized spacial score (nSPS) is 11.8. The van der Waals surface area contributed by atoms with E-state index in [0.29, 0.717) is 23.6 Å². The summed E-state index contributed by atoms with van der Waals surface area (Å²) in [7, 11) is 0. The van der Waals surface area contributed by atoms with Crippen molar-refractivity contribution in [2.75, 3.05) is 0 Å². The molecular weight excluding hydrogens is 380 g/mol. The van der Waals surface area contributed by atoms with Gasteiger partial charge in [0.2, 0.25) is 5.78 Å². The molecule has 2 aromatic carbocycles. The summed E-state index contributed by atoms with van der Waals surface area (Å²) in [6, 6.07) is 14.3. The van der Waals surface area contributed by atoms with Crippen molar-refractivity contribution in [2.24, 2.45) is 5.92 Å². The topological polar surface area (TPSA) is 52.2 Å². The largest absolute Gasteiger partial charge is 0.276 e. The van der Waals surface area contributed by atoms with E-state index in [2.05, 4.69) is 56.1 Å². The summed E-state index contributed by atoms with van der Waals surface area (Å²) in [4.78, 5) is 13.1. The van der Waals surface area contributed by atoms with Gasteiger partial charge in [-0.15, -0.1) is 10.2 Å². The summed E-state index contributed by atoms with van der Waals surface area (Å²) in [5, 5.41) is 10.4. The Morgan fingerprint density at radius 3 is 2.66 bits per heavy atom. The first-order valence-electron chi connectivity index (χ1n) is 10.0. The fraction of sp³-hybridized carbons (Fsp3) is 0.348. The zero-order valence-corrected chi connectivity index (χ0v) is 18.2. The molecule has 4 aromatic rings. The lowest BCUT2D eigenvalue weighted by atomic mass is 10.1. The Morgan fingerprint density at radius 2 is 1.86 bits per heavy atom. The van der Waals surface area contributed by atoms with Gasteiger partial charge in [-0.3, -0.25) is 13.8 Å². The van der Waals surface area contributed by atoms with Gasteiger partial charge < -0.3 is 0 Å². The Bertz CT molecular complexity index is 1240. The van der Waals surface area contributed by atoms with Crippen LogP contribution in [-0.4, -0.2) is 19.2 Å². The van der Waals surface area contributed by atoms with E-state index in [9.17, 15) is 4.79 Å². The lowest BCUT2D eigenvalue weighted by molar-refractivity contribution is 0.512. The number of nitrogens with zero attached hydrogens (tertiary/aromatic N) is 4. The summed E-state index contributed by atoms with van der Waals surface area (Å²) in [6.45, 7) is 9.22. The van der Waals surface area contributed by atoms with Crippen molar-refractivity contribution in [1.82, 2.24) is 19.2 Å². The third-order valence-electron chi connectivity index (χ3n) is 5.27. The first-order chi connectivity index (χ1) is 14.0. The average Bonchev–Trinajstić information content (AvgIpc) is 3.12. The van der Waals surface area contributed by atoms with E-state index < -0.39 is 0 Å². The van der Waals surface area contributed by atoms with Crippen LogP contribution in [0.5, 0.6) is 0 Å². The molecule has 0 atom stereocenters. The molecule has 0 saturated heterocycles. The minimum atomic E-state index is 0.00669. The molecule has 4 rings (SSSR count). The molecule has 0 saturated carbocycles. The molecule has 2 heterocycles. The highest BCUT2D eigenvalue weighted by molar-refractivity contribution is 7.98. The summed E-state index contributed by atoms with van der Waals surface area (Å²) in [5.74, 6) is 1.95. The highest BCUT2D eigenvalue weighted by Crippen LogP contribution is 2.26. The molecule has 6 heteroatoms. The summed E-state index contributed by atoms with van der Waals surface area (Å²) >= 11 is 1.66. The summed E-state index contributed by atoms with van der Waals surface area (Å²) < 4.78 is 3.81. The number of hydrogen-bond acceptors (Lipinski definition) is 4. The molecule has 0 aliphatic rings. The maximum absolute atomic E-state index is 13.1. The molecule has 0 fully saturated rings. The van der Waals surface area contributed by atoms with E-state index in [1.165, 1.54) is 16.7 Å². The van der Waals surface area contributed by atoms with Gasteiger partial charge in [-0.1, -0.05) is 61.5 Å². The molecule has 5 nitrogen and oxygen atoms in total. The average molecular weight is 407 g/mol. The monoisotopic (exact) mass is 406 g/mol. The zero-order valence-electron chi connectivity index (χ0n) is 17.3. The second-order valence-corrected chi connectivity index (χ2v) is 8.94. The van der Waals surface area contributed by atoms with Crippen LogP contribution in [0.25, 0.3) is 16.7 Å². The summed E-state index contributed by atoms with van der Waals surface area (Å²) in [6.07, 6.45) is 0.922. The van der Waals surface area contributed by atoms with Crippen LogP contribution < -0.4 is 5.56 Å². The van der Waals surface area contributed by atoms with Crippen LogP contribution in [0.2, 0.25) is 0 Å². The molecule has 0 N–H and O–H groups in total. The van der Waals surface area contributed by atoms with Gasteiger partial charge in [-0.25, -0.2) is 0 Å². The third kappa shape index (κ3) is 3.81. The molecule has 0 amide bonds. The lowest BCUT2D eigenvalue weighted by Crippen LogP contribution is -2.24. The van der Waals surface area contributed by atoms with Gasteiger partial charge >= 0.3 is 0 Å². The Balaban J connectivity index is 1.81. The second-order valence-electron chi connectivity index (χ2n) is 7.99. The van der Waals surface area contributed by atoms with Crippen molar-refractivity contribution in [1.29, 1.82) is 0 Å². The van der Waals surface area contributed by atoms with Crippen molar-refractivity contribution in [3.8, 4) is 0 Å². The van der Waals surface area contributed by atoms with Gasteiger partial charge in [0.05, 0.1) is 10.9 Å². The van der Waals surface area contributed by atoms with Crippen molar-refractivity contribution >= 4 is 28.4 Å². The Hall–Kier alpha value is -2.60. The van der Waals surface area contributed by atoms with Crippen molar-refractivity contribution in [2.45, 2.75) is 51.6 Å². The predicted molar refractivity (Wildman–Crippen MR) is 120 cm³/mol. The fourth-order valence-corrected chi connectivity index (χ4v) is 4.52. The number of rotatable bonds is 6. The van der Waals surface area contributed by atoms with Gasteiger partial charge in [0.1, 0.15) is 0 Å². The molecule has 150 valence electrons. The molecule has 0 aliphatic carbocycles. The molecule has 0 bridgehead atoms. The predicted octanol–water partition coefficient (Wildman–Crippen LogP) is 5.00. The van der Waals surface area contributed by atoms with E-state index in [1.807, 2.05) is 28.7 Å². The van der Waals surface area contributed by atoms with Crippen LogP contribution in [0.3, 0.4) is 0 Å². The van der Waals surface area contributed by atoms with Gasteiger partial charge in [0.25, 0.3) is 5.56 Å². The van der Waals surface area contributed by atoms with Gasteiger partial charge in [0.15, 0.2) is 5.16 Å².